The zero-order chi connectivity index (χ0) is 10.1. The summed E-state index contributed by atoms with van der Waals surface area (Å²) in [6, 6.07) is 6.11. The van der Waals surface area contributed by atoms with Gasteiger partial charge in [0.1, 0.15) is 0 Å². The van der Waals surface area contributed by atoms with E-state index >= 15 is 0 Å². The minimum Gasteiger partial charge on any atom is -0.394 e. The molecule has 0 unspecified atom stereocenters. The molecule has 0 saturated carbocycles. The molecule has 3 N–H and O–H groups in total. The average molecular weight is 179 g/mol. The number of aliphatic hydroxyl groups excluding tert-OH is 1. The lowest BCUT2D eigenvalue weighted by Crippen LogP contribution is -2.37. The van der Waals surface area contributed by atoms with Crippen molar-refractivity contribution in [3.8, 4) is 0 Å². The SMILES string of the molecule is Cc1ccc(C)c([C@@](C)(N)CO)c1. The number of hydrogen-bond acceptors (Lipinski definition) is 2. The number of hydrogen-bond donors (Lipinski definition) is 2. The van der Waals surface area contributed by atoms with E-state index in [1.165, 1.54) is 5.56 Å². The Kier molecular flexibility index (Phi) is 2.74. The Morgan fingerprint density at radius 2 is 2.00 bits per heavy atom. The summed E-state index contributed by atoms with van der Waals surface area (Å²) in [5.41, 5.74) is 8.65. The molecule has 0 fully saturated rings. The van der Waals surface area contributed by atoms with Crippen LogP contribution in [0.4, 0.5) is 0 Å². The summed E-state index contributed by atoms with van der Waals surface area (Å²) in [5.74, 6) is 0. The lowest BCUT2D eigenvalue weighted by atomic mass is 9.89. The summed E-state index contributed by atoms with van der Waals surface area (Å²) in [7, 11) is 0. The Balaban J connectivity index is 3.20. The van der Waals surface area contributed by atoms with Crippen molar-refractivity contribution in [3.05, 3.63) is 34.9 Å². The molecule has 1 aromatic rings. The molecular formula is C11H17NO. The summed E-state index contributed by atoms with van der Waals surface area (Å²) in [5, 5.41) is 9.14. The molecule has 13 heavy (non-hydrogen) atoms. The summed E-state index contributed by atoms with van der Waals surface area (Å²) in [6.45, 7) is 5.85. The smallest absolute Gasteiger partial charge is 0.0650 e. The van der Waals surface area contributed by atoms with E-state index in [4.69, 9.17) is 10.8 Å². The number of nitrogens with two attached hydrogens (primary N) is 1. The minimum absolute atomic E-state index is 0.0305. The molecule has 0 aliphatic carbocycles. The predicted octanol–water partition coefficient (Wildman–Crippen LogP) is 1.47. The Morgan fingerprint density at radius 3 is 2.54 bits per heavy atom. The first kappa shape index (κ1) is 10.2. The molecule has 0 bridgehead atoms. The molecule has 2 nitrogen and oxygen atoms in total. The molecule has 1 atom stereocenters. The second-order valence-electron chi connectivity index (χ2n) is 3.89. The van der Waals surface area contributed by atoms with Crippen molar-refractivity contribution in [2.75, 3.05) is 6.61 Å². The van der Waals surface area contributed by atoms with Crippen LogP contribution >= 0.6 is 0 Å². The first-order valence-corrected chi connectivity index (χ1v) is 4.45. The van der Waals surface area contributed by atoms with E-state index < -0.39 is 5.54 Å². The Morgan fingerprint density at radius 1 is 1.38 bits per heavy atom. The molecule has 1 rings (SSSR count). The van der Waals surface area contributed by atoms with E-state index in [0.717, 1.165) is 11.1 Å². The summed E-state index contributed by atoms with van der Waals surface area (Å²) in [4.78, 5) is 0. The van der Waals surface area contributed by atoms with Gasteiger partial charge in [-0.1, -0.05) is 23.8 Å². The van der Waals surface area contributed by atoms with Crippen molar-refractivity contribution in [2.45, 2.75) is 26.3 Å². The van der Waals surface area contributed by atoms with E-state index in [1.54, 1.807) is 0 Å². The minimum atomic E-state index is -0.629. The van der Waals surface area contributed by atoms with Gasteiger partial charge in [-0.2, -0.15) is 0 Å². The maximum atomic E-state index is 9.14. The van der Waals surface area contributed by atoms with Crippen LogP contribution in [0.5, 0.6) is 0 Å². The van der Waals surface area contributed by atoms with Crippen LogP contribution in [-0.4, -0.2) is 11.7 Å². The third-order valence-electron chi connectivity index (χ3n) is 2.34. The molecule has 0 heterocycles. The van der Waals surface area contributed by atoms with E-state index in [1.807, 2.05) is 39.0 Å². The molecule has 0 aliphatic rings. The van der Waals surface area contributed by atoms with E-state index in [0.29, 0.717) is 0 Å². The zero-order valence-corrected chi connectivity index (χ0v) is 8.46. The van der Waals surface area contributed by atoms with Crippen molar-refractivity contribution in [1.82, 2.24) is 0 Å². The molecule has 72 valence electrons. The first-order valence-electron chi connectivity index (χ1n) is 4.45. The van der Waals surface area contributed by atoms with Crippen LogP contribution in [0.25, 0.3) is 0 Å². The second-order valence-corrected chi connectivity index (χ2v) is 3.89. The molecule has 2 heteroatoms. The summed E-state index contributed by atoms with van der Waals surface area (Å²) in [6.07, 6.45) is 0. The van der Waals surface area contributed by atoms with Gasteiger partial charge in [0.05, 0.1) is 12.1 Å². The molecule has 0 aliphatic heterocycles. The molecule has 0 aromatic heterocycles. The predicted molar refractivity (Wildman–Crippen MR) is 54.5 cm³/mol. The molecule has 0 saturated heterocycles. The van der Waals surface area contributed by atoms with Gasteiger partial charge < -0.3 is 10.8 Å². The summed E-state index contributed by atoms with van der Waals surface area (Å²) >= 11 is 0. The van der Waals surface area contributed by atoms with Crippen LogP contribution in [0.15, 0.2) is 18.2 Å². The fourth-order valence-electron chi connectivity index (χ4n) is 1.44. The fraction of sp³-hybridized carbons (Fsp3) is 0.455. The first-order chi connectivity index (χ1) is 5.97. The molecule has 0 amide bonds. The van der Waals surface area contributed by atoms with Crippen LogP contribution in [0, 0.1) is 13.8 Å². The Bertz CT molecular complexity index is 305. The number of aryl methyl sites for hydroxylation is 2. The molecule has 1 aromatic carbocycles. The Labute approximate surface area is 79.4 Å². The van der Waals surface area contributed by atoms with Gasteiger partial charge >= 0.3 is 0 Å². The van der Waals surface area contributed by atoms with Crippen molar-refractivity contribution in [1.29, 1.82) is 0 Å². The molecule has 0 spiro atoms. The highest BCUT2D eigenvalue weighted by atomic mass is 16.3. The maximum Gasteiger partial charge on any atom is 0.0650 e. The van der Waals surface area contributed by atoms with Gasteiger partial charge in [0, 0.05) is 0 Å². The van der Waals surface area contributed by atoms with Gasteiger partial charge in [-0.15, -0.1) is 0 Å². The topological polar surface area (TPSA) is 46.2 Å². The zero-order valence-electron chi connectivity index (χ0n) is 8.46. The molecule has 0 radical (unpaired) electrons. The average Bonchev–Trinajstić information content (AvgIpc) is 2.09. The third-order valence-corrected chi connectivity index (χ3v) is 2.34. The van der Waals surface area contributed by atoms with Crippen LogP contribution in [0.2, 0.25) is 0 Å². The van der Waals surface area contributed by atoms with Crippen LogP contribution in [0.1, 0.15) is 23.6 Å². The highest BCUT2D eigenvalue weighted by Crippen LogP contribution is 2.22. The van der Waals surface area contributed by atoms with Crippen molar-refractivity contribution >= 4 is 0 Å². The molecular weight excluding hydrogens is 162 g/mol. The van der Waals surface area contributed by atoms with E-state index in [9.17, 15) is 0 Å². The van der Waals surface area contributed by atoms with Gasteiger partial charge in [-0.3, -0.25) is 0 Å². The standard InChI is InChI=1S/C11H17NO/c1-8-4-5-9(2)10(6-8)11(3,12)7-13/h4-6,13H,7,12H2,1-3H3/t11-/m0/s1. The monoisotopic (exact) mass is 179 g/mol. The van der Waals surface area contributed by atoms with E-state index in [2.05, 4.69) is 0 Å². The van der Waals surface area contributed by atoms with Gasteiger partial charge in [-0.25, -0.2) is 0 Å². The lowest BCUT2D eigenvalue weighted by molar-refractivity contribution is 0.209. The van der Waals surface area contributed by atoms with Gasteiger partial charge in [-0.05, 0) is 31.9 Å². The van der Waals surface area contributed by atoms with Crippen LogP contribution < -0.4 is 5.73 Å². The lowest BCUT2D eigenvalue weighted by Gasteiger charge is -2.24. The van der Waals surface area contributed by atoms with Crippen molar-refractivity contribution in [2.24, 2.45) is 5.73 Å². The normalized spacial score (nSPS) is 15.5. The third kappa shape index (κ3) is 2.08. The second kappa shape index (κ2) is 3.48. The highest BCUT2D eigenvalue weighted by Gasteiger charge is 2.21. The van der Waals surface area contributed by atoms with Crippen molar-refractivity contribution < 1.29 is 5.11 Å². The fourth-order valence-corrected chi connectivity index (χ4v) is 1.44. The highest BCUT2D eigenvalue weighted by molar-refractivity contribution is 5.35. The van der Waals surface area contributed by atoms with Gasteiger partial charge in [0.25, 0.3) is 0 Å². The van der Waals surface area contributed by atoms with Crippen LogP contribution in [-0.2, 0) is 5.54 Å². The number of aliphatic hydroxyl groups is 1. The summed E-state index contributed by atoms with van der Waals surface area (Å²) < 4.78 is 0. The number of rotatable bonds is 2. The Hall–Kier alpha value is -0.860. The number of benzene rings is 1. The largest absolute Gasteiger partial charge is 0.394 e. The van der Waals surface area contributed by atoms with Crippen molar-refractivity contribution in [3.63, 3.8) is 0 Å². The van der Waals surface area contributed by atoms with Gasteiger partial charge in [0.2, 0.25) is 0 Å². The van der Waals surface area contributed by atoms with Crippen LogP contribution in [0.3, 0.4) is 0 Å². The van der Waals surface area contributed by atoms with E-state index in [-0.39, 0.29) is 6.61 Å². The maximum absolute atomic E-state index is 9.14. The quantitative estimate of drug-likeness (QED) is 0.722. The van der Waals surface area contributed by atoms with Gasteiger partial charge in [0.15, 0.2) is 0 Å².